The van der Waals surface area contributed by atoms with Crippen molar-refractivity contribution in [2.45, 2.75) is 16.5 Å². The summed E-state index contributed by atoms with van der Waals surface area (Å²) in [5.74, 6) is 0. The molecule has 3 aromatic heterocycles. The number of fused-ring (bicyclic) bond motifs is 1. The first-order chi connectivity index (χ1) is 9.38. The molecule has 0 aliphatic heterocycles. The SMILES string of the molecule is NCCc1c(Sc2ccccn2)nc2ccccn12. The summed E-state index contributed by atoms with van der Waals surface area (Å²) in [6.07, 6.45) is 4.62. The van der Waals surface area contributed by atoms with Gasteiger partial charge in [-0.1, -0.05) is 12.1 Å². The molecular formula is C14H14N4S. The first-order valence-corrected chi connectivity index (χ1v) is 6.95. The molecule has 0 unspecified atom stereocenters. The number of nitrogens with zero attached hydrogens (tertiary/aromatic N) is 3. The Morgan fingerprint density at radius 1 is 1.16 bits per heavy atom. The van der Waals surface area contributed by atoms with Gasteiger partial charge < -0.3 is 10.1 Å². The molecule has 0 saturated heterocycles. The van der Waals surface area contributed by atoms with Crippen LogP contribution >= 0.6 is 11.8 Å². The maximum absolute atomic E-state index is 5.71. The fraction of sp³-hybridized carbons (Fsp3) is 0.143. The van der Waals surface area contributed by atoms with E-state index in [1.165, 1.54) is 0 Å². The lowest BCUT2D eigenvalue weighted by atomic mass is 10.3. The van der Waals surface area contributed by atoms with Crippen LogP contribution in [-0.2, 0) is 6.42 Å². The minimum absolute atomic E-state index is 0.610. The van der Waals surface area contributed by atoms with Gasteiger partial charge in [-0.15, -0.1) is 0 Å². The van der Waals surface area contributed by atoms with Gasteiger partial charge in [0.05, 0.1) is 5.69 Å². The average Bonchev–Trinajstić information content (AvgIpc) is 2.79. The molecule has 3 rings (SSSR count). The molecule has 0 aliphatic rings. The number of aromatic nitrogens is 3. The van der Waals surface area contributed by atoms with Crippen molar-refractivity contribution in [1.82, 2.24) is 14.4 Å². The molecule has 3 aromatic rings. The molecule has 0 amide bonds. The topological polar surface area (TPSA) is 56.2 Å². The predicted octanol–water partition coefficient (Wildman–Crippen LogP) is 2.38. The van der Waals surface area contributed by atoms with Gasteiger partial charge in [0.25, 0.3) is 0 Å². The molecule has 2 N–H and O–H groups in total. The van der Waals surface area contributed by atoms with Crippen LogP contribution in [0, 0.1) is 0 Å². The van der Waals surface area contributed by atoms with Crippen molar-refractivity contribution in [2.24, 2.45) is 5.73 Å². The Hall–Kier alpha value is -1.85. The molecule has 0 aliphatic carbocycles. The van der Waals surface area contributed by atoms with Gasteiger partial charge in [0, 0.05) is 18.8 Å². The third-order valence-corrected chi connectivity index (χ3v) is 3.78. The van der Waals surface area contributed by atoms with E-state index in [1.807, 2.05) is 42.6 Å². The number of hydrogen-bond acceptors (Lipinski definition) is 4. The number of pyridine rings is 2. The van der Waals surface area contributed by atoms with E-state index in [2.05, 4.69) is 14.4 Å². The second-order valence-corrected chi connectivity index (χ2v) is 5.11. The molecule has 0 bridgehead atoms. The number of hydrogen-bond donors (Lipinski definition) is 1. The lowest BCUT2D eigenvalue weighted by Gasteiger charge is -2.02. The van der Waals surface area contributed by atoms with Gasteiger partial charge in [0.15, 0.2) is 0 Å². The van der Waals surface area contributed by atoms with E-state index >= 15 is 0 Å². The van der Waals surface area contributed by atoms with Crippen molar-refractivity contribution in [3.05, 3.63) is 54.5 Å². The highest BCUT2D eigenvalue weighted by molar-refractivity contribution is 7.99. The highest BCUT2D eigenvalue weighted by Gasteiger charge is 2.12. The van der Waals surface area contributed by atoms with Gasteiger partial charge in [0.1, 0.15) is 15.7 Å². The maximum Gasteiger partial charge on any atom is 0.138 e. The number of imidazole rings is 1. The second kappa shape index (κ2) is 5.42. The summed E-state index contributed by atoms with van der Waals surface area (Å²) in [5.41, 5.74) is 7.80. The minimum atomic E-state index is 0.610. The highest BCUT2D eigenvalue weighted by atomic mass is 32.2. The quantitative estimate of drug-likeness (QED) is 0.791. The van der Waals surface area contributed by atoms with E-state index in [1.54, 1.807) is 18.0 Å². The zero-order valence-corrected chi connectivity index (χ0v) is 11.2. The fourth-order valence-corrected chi connectivity index (χ4v) is 2.89. The van der Waals surface area contributed by atoms with Crippen molar-refractivity contribution >= 4 is 17.4 Å². The standard InChI is InChI=1S/C14H14N4S/c15-8-7-11-14(19-13-6-1-3-9-16-13)17-12-5-2-4-10-18(11)12/h1-6,9-10H,7-8,15H2. The second-order valence-electron chi connectivity index (χ2n) is 4.10. The summed E-state index contributed by atoms with van der Waals surface area (Å²) >= 11 is 1.58. The smallest absolute Gasteiger partial charge is 0.138 e. The van der Waals surface area contributed by atoms with Crippen LogP contribution < -0.4 is 5.73 Å². The Morgan fingerprint density at radius 2 is 2.05 bits per heavy atom. The van der Waals surface area contributed by atoms with Crippen LogP contribution in [0.5, 0.6) is 0 Å². The summed E-state index contributed by atoms with van der Waals surface area (Å²) in [5, 5.41) is 1.93. The van der Waals surface area contributed by atoms with Gasteiger partial charge in [-0.05, 0) is 42.6 Å². The highest BCUT2D eigenvalue weighted by Crippen LogP contribution is 2.29. The first kappa shape index (κ1) is 12.2. The maximum atomic E-state index is 5.71. The minimum Gasteiger partial charge on any atom is -0.330 e. The Kier molecular flexibility index (Phi) is 3.48. The zero-order chi connectivity index (χ0) is 13.1. The molecule has 0 fully saturated rings. The van der Waals surface area contributed by atoms with Crippen molar-refractivity contribution in [2.75, 3.05) is 6.54 Å². The fourth-order valence-electron chi connectivity index (χ4n) is 1.98. The summed E-state index contributed by atoms with van der Waals surface area (Å²) < 4.78 is 2.10. The third kappa shape index (κ3) is 2.47. The van der Waals surface area contributed by atoms with Gasteiger partial charge in [-0.25, -0.2) is 9.97 Å². The summed E-state index contributed by atoms with van der Waals surface area (Å²) in [6, 6.07) is 11.9. The molecule has 0 aromatic carbocycles. The summed E-state index contributed by atoms with van der Waals surface area (Å²) in [4.78, 5) is 8.98. The Morgan fingerprint density at radius 3 is 2.84 bits per heavy atom. The number of nitrogens with two attached hydrogens (primary N) is 1. The van der Waals surface area contributed by atoms with E-state index in [0.29, 0.717) is 6.54 Å². The molecule has 4 nitrogen and oxygen atoms in total. The van der Waals surface area contributed by atoms with Crippen LogP contribution in [0.1, 0.15) is 5.69 Å². The van der Waals surface area contributed by atoms with Crippen molar-refractivity contribution in [3.63, 3.8) is 0 Å². The lowest BCUT2D eigenvalue weighted by Crippen LogP contribution is -2.05. The molecule has 3 heterocycles. The summed E-state index contributed by atoms with van der Waals surface area (Å²) in [7, 11) is 0. The van der Waals surface area contributed by atoms with Crippen LogP contribution in [0.15, 0.2) is 58.8 Å². The van der Waals surface area contributed by atoms with Crippen molar-refractivity contribution < 1.29 is 0 Å². The van der Waals surface area contributed by atoms with Crippen LogP contribution in [0.3, 0.4) is 0 Å². The molecule has 0 saturated carbocycles. The third-order valence-electron chi connectivity index (χ3n) is 2.81. The normalized spacial score (nSPS) is 11.0. The van der Waals surface area contributed by atoms with Gasteiger partial charge in [0.2, 0.25) is 0 Å². The van der Waals surface area contributed by atoms with Crippen molar-refractivity contribution in [1.29, 1.82) is 0 Å². The predicted molar refractivity (Wildman–Crippen MR) is 76.3 cm³/mol. The van der Waals surface area contributed by atoms with Crippen LogP contribution in [0.4, 0.5) is 0 Å². The number of rotatable bonds is 4. The zero-order valence-electron chi connectivity index (χ0n) is 10.4. The van der Waals surface area contributed by atoms with Gasteiger partial charge in [-0.2, -0.15) is 0 Å². The Balaban J connectivity index is 2.04. The van der Waals surface area contributed by atoms with E-state index in [0.717, 1.165) is 27.8 Å². The van der Waals surface area contributed by atoms with Crippen LogP contribution in [0.25, 0.3) is 5.65 Å². The van der Waals surface area contributed by atoms with Crippen LogP contribution in [0.2, 0.25) is 0 Å². The summed E-state index contributed by atoms with van der Waals surface area (Å²) in [6.45, 7) is 0.610. The Labute approximate surface area is 115 Å². The van der Waals surface area contributed by atoms with Crippen LogP contribution in [-0.4, -0.2) is 20.9 Å². The van der Waals surface area contributed by atoms with E-state index in [4.69, 9.17) is 5.73 Å². The van der Waals surface area contributed by atoms with Gasteiger partial charge in [-0.3, -0.25) is 0 Å². The van der Waals surface area contributed by atoms with E-state index in [9.17, 15) is 0 Å². The van der Waals surface area contributed by atoms with E-state index in [-0.39, 0.29) is 0 Å². The molecule has 0 radical (unpaired) electrons. The molecule has 0 spiro atoms. The van der Waals surface area contributed by atoms with Gasteiger partial charge >= 0.3 is 0 Å². The Bertz CT molecular complexity index is 678. The monoisotopic (exact) mass is 270 g/mol. The largest absolute Gasteiger partial charge is 0.330 e. The molecule has 5 heteroatoms. The molecule has 0 atom stereocenters. The average molecular weight is 270 g/mol. The lowest BCUT2D eigenvalue weighted by molar-refractivity contribution is 0.875. The molecule has 19 heavy (non-hydrogen) atoms. The molecule has 96 valence electrons. The first-order valence-electron chi connectivity index (χ1n) is 6.13. The van der Waals surface area contributed by atoms with E-state index < -0.39 is 0 Å². The van der Waals surface area contributed by atoms with Crippen molar-refractivity contribution in [3.8, 4) is 0 Å². The molecular weight excluding hydrogens is 256 g/mol.